The summed E-state index contributed by atoms with van der Waals surface area (Å²) in [5.74, 6) is -0.489. The van der Waals surface area contributed by atoms with Crippen LogP contribution < -0.4 is 0 Å². The van der Waals surface area contributed by atoms with Gasteiger partial charge in [-0.1, -0.05) is 133 Å². The molecule has 0 spiro atoms. The maximum atomic E-state index is 15.4. The zero-order chi connectivity index (χ0) is 28.2. The number of rotatable bonds is 3. The third-order valence-electron chi connectivity index (χ3n) is 8.40. The Morgan fingerprint density at radius 1 is 0.238 bits per heavy atom. The lowest BCUT2D eigenvalue weighted by Crippen LogP contribution is -1.96. The smallest absolute Gasteiger partial charge is 0.131 e. The first-order chi connectivity index (χ1) is 20.7. The van der Waals surface area contributed by atoms with Crippen LogP contribution in [-0.2, 0) is 0 Å². The minimum atomic E-state index is -0.245. The molecule has 0 amide bonds. The second-order valence-corrected chi connectivity index (χ2v) is 10.6. The van der Waals surface area contributed by atoms with Crippen LogP contribution in [0.5, 0.6) is 0 Å². The van der Waals surface area contributed by atoms with Crippen molar-refractivity contribution in [2.24, 2.45) is 0 Å². The van der Waals surface area contributed by atoms with Crippen LogP contribution in [0.4, 0.5) is 8.78 Å². The van der Waals surface area contributed by atoms with Crippen molar-refractivity contribution in [1.29, 1.82) is 0 Å². The summed E-state index contributed by atoms with van der Waals surface area (Å²) in [7, 11) is 0. The van der Waals surface area contributed by atoms with Crippen molar-refractivity contribution in [3.05, 3.63) is 157 Å². The van der Waals surface area contributed by atoms with E-state index in [1.54, 1.807) is 12.1 Å². The Bertz CT molecular complexity index is 2050. The Morgan fingerprint density at radius 3 is 0.714 bits per heavy atom. The number of fused-ring (bicyclic) bond motifs is 4. The molecule has 0 heterocycles. The fourth-order valence-electron chi connectivity index (χ4n) is 6.70. The van der Waals surface area contributed by atoms with Crippen molar-refractivity contribution >= 4 is 43.1 Å². The van der Waals surface area contributed by atoms with E-state index >= 15 is 8.78 Å². The highest BCUT2D eigenvalue weighted by atomic mass is 19.1. The molecule has 0 aliphatic carbocycles. The van der Waals surface area contributed by atoms with E-state index < -0.39 is 0 Å². The average molecular weight is 543 g/mol. The van der Waals surface area contributed by atoms with Crippen LogP contribution in [0.3, 0.4) is 0 Å². The summed E-state index contributed by atoms with van der Waals surface area (Å²) in [6.07, 6.45) is 0. The van der Waals surface area contributed by atoms with Crippen molar-refractivity contribution in [2.75, 3.05) is 0 Å². The van der Waals surface area contributed by atoms with Gasteiger partial charge in [-0.15, -0.1) is 0 Å². The quantitative estimate of drug-likeness (QED) is 0.195. The van der Waals surface area contributed by atoms with Gasteiger partial charge >= 0.3 is 0 Å². The third-order valence-corrected chi connectivity index (χ3v) is 8.40. The van der Waals surface area contributed by atoms with Crippen LogP contribution in [0.25, 0.3) is 76.5 Å². The second kappa shape index (κ2) is 9.64. The molecule has 0 atom stereocenters. The van der Waals surface area contributed by atoms with Crippen LogP contribution in [0.2, 0.25) is 0 Å². The highest BCUT2D eigenvalue weighted by Crippen LogP contribution is 2.50. The molecule has 2 heteroatoms. The van der Waals surface area contributed by atoms with Crippen LogP contribution in [-0.4, -0.2) is 0 Å². The Labute approximate surface area is 242 Å². The fourth-order valence-corrected chi connectivity index (χ4v) is 6.70. The minimum Gasteiger partial charge on any atom is -0.206 e. The highest BCUT2D eigenvalue weighted by molar-refractivity contribution is 6.29. The molecule has 0 radical (unpaired) electrons. The van der Waals surface area contributed by atoms with Gasteiger partial charge in [0.2, 0.25) is 0 Å². The molecular formula is C40H24F2. The van der Waals surface area contributed by atoms with Gasteiger partial charge in [0, 0.05) is 22.3 Å². The summed E-state index contributed by atoms with van der Waals surface area (Å²) < 4.78 is 30.8. The lowest BCUT2D eigenvalue weighted by Gasteiger charge is -2.22. The third kappa shape index (κ3) is 3.59. The van der Waals surface area contributed by atoms with Crippen molar-refractivity contribution in [3.8, 4) is 33.4 Å². The van der Waals surface area contributed by atoms with Crippen molar-refractivity contribution < 1.29 is 8.78 Å². The molecule has 0 aliphatic heterocycles. The van der Waals surface area contributed by atoms with E-state index in [0.717, 1.165) is 65.3 Å². The molecule has 0 N–H and O–H groups in total. The lowest BCUT2D eigenvalue weighted by atomic mass is 9.81. The van der Waals surface area contributed by atoms with Crippen LogP contribution in [0.15, 0.2) is 146 Å². The molecule has 0 unspecified atom stereocenters. The van der Waals surface area contributed by atoms with E-state index in [1.165, 1.54) is 12.1 Å². The summed E-state index contributed by atoms with van der Waals surface area (Å²) in [6, 6.07) is 47.1. The second-order valence-electron chi connectivity index (χ2n) is 10.6. The van der Waals surface area contributed by atoms with E-state index in [0.29, 0.717) is 11.1 Å². The maximum absolute atomic E-state index is 15.4. The normalized spacial score (nSPS) is 11.6. The van der Waals surface area contributed by atoms with Crippen molar-refractivity contribution in [1.82, 2.24) is 0 Å². The number of hydrogen-bond acceptors (Lipinski definition) is 0. The predicted octanol–water partition coefficient (Wildman–Crippen LogP) is 11.6. The maximum Gasteiger partial charge on any atom is 0.131 e. The van der Waals surface area contributed by atoms with Gasteiger partial charge in [-0.05, 0) is 66.3 Å². The topological polar surface area (TPSA) is 0 Å². The Morgan fingerprint density at radius 2 is 0.452 bits per heavy atom. The first-order valence-corrected chi connectivity index (χ1v) is 14.1. The molecule has 0 fully saturated rings. The van der Waals surface area contributed by atoms with Crippen LogP contribution in [0.1, 0.15) is 0 Å². The first-order valence-electron chi connectivity index (χ1n) is 14.1. The van der Waals surface area contributed by atoms with Gasteiger partial charge in [0.15, 0.2) is 0 Å². The van der Waals surface area contributed by atoms with E-state index in [1.807, 2.05) is 72.8 Å². The van der Waals surface area contributed by atoms with E-state index in [2.05, 4.69) is 48.5 Å². The van der Waals surface area contributed by atoms with Crippen molar-refractivity contribution in [3.63, 3.8) is 0 Å². The lowest BCUT2D eigenvalue weighted by molar-refractivity contribution is 0.631. The molecule has 0 saturated heterocycles. The van der Waals surface area contributed by atoms with E-state index in [9.17, 15) is 0 Å². The number of hydrogen-bond donors (Lipinski definition) is 0. The van der Waals surface area contributed by atoms with Gasteiger partial charge in [0.05, 0.1) is 0 Å². The SMILES string of the molecule is Fc1ccccc1-c1c2ccccc2c(-c2c3ccccc3c(-c3ccccc3F)c3ccccc23)c2ccccc12. The molecule has 8 aromatic carbocycles. The molecule has 0 bridgehead atoms. The summed E-state index contributed by atoms with van der Waals surface area (Å²) >= 11 is 0. The van der Waals surface area contributed by atoms with Crippen LogP contribution >= 0.6 is 0 Å². The van der Waals surface area contributed by atoms with E-state index in [-0.39, 0.29) is 11.6 Å². The summed E-state index contributed by atoms with van der Waals surface area (Å²) in [5, 5.41) is 8.13. The first kappa shape index (κ1) is 24.5. The molecule has 198 valence electrons. The molecule has 42 heavy (non-hydrogen) atoms. The summed E-state index contributed by atoms with van der Waals surface area (Å²) in [4.78, 5) is 0. The van der Waals surface area contributed by atoms with Crippen molar-refractivity contribution in [2.45, 2.75) is 0 Å². The average Bonchev–Trinajstić information content (AvgIpc) is 3.04. The zero-order valence-corrected chi connectivity index (χ0v) is 22.6. The minimum absolute atomic E-state index is 0.245. The van der Waals surface area contributed by atoms with Gasteiger partial charge in [0.1, 0.15) is 11.6 Å². The Kier molecular flexibility index (Phi) is 5.61. The zero-order valence-electron chi connectivity index (χ0n) is 22.6. The predicted molar refractivity (Wildman–Crippen MR) is 173 cm³/mol. The Balaban J connectivity index is 1.62. The fraction of sp³-hybridized carbons (Fsp3) is 0. The monoisotopic (exact) mass is 542 g/mol. The molecule has 8 rings (SSSR count). The molecule has 8 aromatic rings. The Hall–Kier alpha value is -5.34. The highest BCUT2D eigenvalue weighted by Gasteiger charge is 2.23. The van der Waals surface area contributed by atoms with Crippen LogP contribution in [0, 0.1) is 11.6 Å². The van der Waals surface area contributed by atoms with Gasteiger partial charge in [-0.25, -0.2) is 8.78 Å². The molecule has 0 aliphatic rings. The molecule has 0 aromatic heterocycles. The number of halogens is 2. The van der Waals surface area contributed by atoms with Gasteiger partial charge < -0.3 is 0 Å². The summed E-state index contributed by atoms with van der Waals surface area (Å²) in [6.45, 7) is 0. The van der Waals surface area contributed by atoms with E-state index in [4.69, 9.17) is 0 Å². The molecule has 0 nitrogen and oxygen atoms in total. The molecular weight excluding hydrogens is 518 g/mol. The van der Waals surface area contributed by atoms with Gasteiger partial charge in [-0.2, -0.15) is 0 Å². The van der Waals surface area contributed by atoms with Gasteiger partial charge in [-0.3, -0.25) is 0 Å². The van der Waals surface area contributed by atoms with Gasteiger partial charge in [0.25, 0.3) is 0 Å². The molecule has 0 saturated carbocycles. The number of benzene rings is 8. The summed E-state index contributed by atoms with van der Waals surface area (Å²) in [5.41, 5.74) is 5.13. The standard InChI is InChI=1S/C40H24F2/c41-35-23-11-9-21-33(35)37-25-13-1-5-17-29(25)39(30-18-6-2-14-26(30)37)40-31-19-7-3-15-27(31)38(28-16-4-8-20-32(28)40)34-22-10-12-24-36(34)42/h1-24H. The largest absolute Gasteiger partial charge is 0.206 e.